The number of hydrogen-bond acceptors (Lipinski definition) is 5. The highest BCUT2D eigenvalue weighted by Crippen LogP contribution is 2.33. The smallest absolute Gasteiger partial charge is 0.341 e. The first-order valence-corrected chi connectivity index (χ1v) is 7.59. The molecule has 1 N–H and O–H groups in total. The third-order valence-corrected chi connectivity index (χ3v) is 3.97. The normalized spacial score (nSPS) is 18.0. The van der Waals surface area contributed by atoms with Crippen LogP contribution in [0.2, 0.25) is 0 Å². The second kappa shape index (κ2) is 5.93. The first-order valence-electron chi connectivity index (χ1n) is 7.59. The molecule has 0 saturated carbocycles. The standard InChI is InChI=1S/C17H20N2O3/c1-3-22-17(21)14-9-18-15-5-4-11(2)8-13(15)16(14)19-7-6-12(20)10-19/h4-5,8-9,12,20H,3,6-7,10H2,1-2H3/t12-/m1/s1. The zero-order chi connectivity index (χ0) is 15.7. The van der Waals surface area contributed by atoms with Crippen molar-refractivity contribution in [2.45, 2.75) is 26.4 Å². The molecule has 5 heteroatoms. The van der Waals surface area contributed by atoms with Gasteiger partial charge in [0.2, 0.25) is 0 Å². The van der Waals surface area contributed by atoms with Gasteiger partial charge < -0.3 is 14.7 Å². The van der Waals surface area contributed by atoms with Crippen LogP contribution in [-0.4, -0.2) is 41.9 Å². The van der Waals surface area contributed by atoms with E-state index < -0.39 is 0 Å². The van der Waals surface area contributed by atoms with Crippen molar-refractivity contribution in [3.8, 4) is 0 Å². The Kier molecular flexibility index (Phi) is 3.98. The van der Waals surface area contributed by atoms with E-state index in [0.29, 0.717) is 25.1 Å². The molecule has 1 aliphatic rings. The van der Waals surface area contributed by atoms with E-state index in [-0.39, 0.29) is 12.1 Å². The van der Waals surface area contributed by atoms with Crippen molar-refractivity contribution in [3.63, 3.8) is 0 Å². The molecular weight excluding hydrogens is 280 g/mol. The van der Waals surface area contributed by atoms with Crippen LogP contribution in [0.5, 0.6) is 0 Å². The van der Waals surface area contributed by atoms with E-state index >= 15 is 0 Å². The molecular formula is C17H20N2O3. The van der Waals surface area contributed by atoms with Gasteiger partial charge in [-0.25, -0.2) is 4.79 Å². The van der Waals surface area contributed by atoms with Crippen molar-refractivity contribution in [1.29, 1.82) is 0 Å². The third-order valence-electron chi connectivity index (χ3n) is 3.97. The summed E-state index contributed by atoms with van der Waals surface area (Å²) in [6.45, 7) is 5.38. The minimum absolute atomic E-state index is 0.326. The van der Waals surface area contributed by atoms with Crippen LogP contribution < -0.4 is 4.90 Å². The zero-order valence-corrected chi connectivity index (χ0v) is 12.9. The Morgan fingerprint density at radius 2 is 2.32 bits per heavy atom. The molecule has 1 aromatic carbocycles. The lowest BCUT2D eigenvalue weighted by Gasteiger charge is -2.22. The molecule has 1 fully saturated rings. The molecule has 3 rings (SSSR count). The Balaban J connectivity index is 2.19. The van der Waals surface area contributed by atoms with Crippen molar-refractivity contribution in [2.24, 2.45) is 0 Å². The molecule has 0 amide bonds. The highest BCUT2D eigenvalue weighted by atomic mass is 16.5. The number of carbonyl (C=O) groups is 1. The molecule has 1 aliphatic heterocycles. The summed E-state index contributed by atoms with van der Waals surface area (Å²) in [4.78, 5) is 18.7. The number of nitrogens with zero attached hydrogens (tertiary/aromatic N) is 2. The van der Waals surface area contributed by atoms with Gasteiger partial charge >= 0.3 is 5.97 Å². The van der Waals surface area contributed by atoms with Crippen molar-refractivity contribution in [2.75, 3.05) is 24.6 Å². The van der Waals surface area contributed by atoms with Gasteiger partial charge in [-0.3, -0.25) is 4.98 Å². The number of β-amino-alcohol motifs (C(OH)–C–C–N with tert-alkyl or cyclic N) is 1. The van der Waals surface area contributed by atoms with Gasteiger partial charge in [0.25, 0.3) is 0 Å². The lowest BCUT2D eigenvalue weighted by molar-refractivity contribution is 0.0526. The van der Waals surface area contributed by atoms with Gasteiger partial charge in [0.1, 0.15) is 5.56 Å². The van der Waals surface area contributed by atoms with Gasteiger partial charge in [0, 0.05) is 24.7 Å². The molecule has 0 spiro atoms. The summed E-state index contributed by atoms with van der Waals surface area (Å²) < 4.78 is 5.17. The maximum atomic E-state index is 12.3. The van der Waals surface area contributed by atoms with Gasteiger partial charge in [-0.15, -0.1) is 0 Å². The Hall–Kier alpha value is -2.14. The number of pyridine rings is 1. The molecule has 0 aliphatic carbocycles. The van der Waals surface area contributed by atoms with E-state index in [1.165, 1.54) is 0 Å². The summed E-state index contributed by atoms with van der Waals surface area (Å²) in [6.07, 6.45) is 1.93. The summed E-state index contributed by atoms with van der Waals surface area (Å²) in [7, 11) is 0. The van der Waals surface area contributed by atoms with Crippen molar-refractivity contribution < 1.29 is 14.6 Å². The maximum absolute atomic E-state index is 12.3. The molecule has 1 saturated heterocycles. The fraction of sp³-hybridized carbons (Fsp3) is 0.412. The van der Waals surface area contributed by atoms with E-state index in [0.717, 1.165) is 28.7 Å². The van der Waals surface area contributed by atoms with Crippen LogP contribution in [0.25, 0.3) is 10.9 Å². The summed E-state index contributed by atoms with van der Waals surface area (Å²) in [5, 5.41) is 10.8. The minimum Gasteiger partial charge on any atom is -0.462 e. The van der Waals surface area contributed by atoms with Gasteiger partial charge in [0.05, 0.1) is 23.9 Å². The Bertz CT molecular complexity index is 714. The summed E-state index contributed by atoms with van der Waals surface area (Å²) in [5.74, 6) is -0.366. The minimum atomic E-state index is -0.366. The maximum Gasteiger partial charge on any atom is 0.341 e. The quantitative estimate of drug-likeness (QED) is 0.881. The fourth-order valence-electron chi connectivity index (χ4n) is 2.94. The van der Waals surface area contributed by atoms with Gasteiger partial charge in [-0.1, -0.05) is 11.6 Å². The molecule has 1 aromatic heterocycles. The van der Waals surface area contributed by atoms with Crippen molar-refractivity contribution >= 4 is 22.6 Å². The molecule has 5 nitrogen and oxygen atoms in total. The predicted octanol–water partition coefficient (Wildman–Crippen LogP) is 2.29. The second-order valence-corrected chi connectivity index (χ2v) is 5.65. The van der Waals surface area contributed by atoms with Gasteiger partial charge in [-0.2, -0.15) is 0 Å². The van der Waals surface area contributed by atoms with Crippen LogP contribution in [0, 0.1) is 6.92 Å². The molecule has 0 unspecified atom stereocenters. The molecule has 1 atom stereocenters. The van der Waals surface area contributed by atoms with E-state index in [2.05, 4.69) is 9.88 Å². The number of esters is 1. The number of rotatable bonds is 3. The number of carbonyl (C=O) groups excluding carboxylic acids is 1. The number of aliphatic hydroxyl groups excluding tert-OH is 1. The summed E-state index contributed by atoms with van der Waals surface area (Å²) in [5.41, 5.74) is 3.24. The molecule has 2 heterocycles. The van der Waals surface area contributed by atoms with Crippen LogP contribution in [0.3, 0.4) is 0 Å². The van der Waals surface area contributed by atoms with Gasteiger partial charge in [0.15, 0.2) is 0 Å². The number of anilines is 1. The Morgan fingerprint density at radius 3 is 3.00 bits per heavy atom. The SMILES string of the molecule is CCOC(=O)c1cnc2ccc(C)cc2c1N1CC[C@@H](O)C1. The van der Waals surface area contributed by atoms with Gasteiger partial charge in [-0.05, 0) is 32.4 Å². The molecule has 2 aromatic rings. The highest BCUT2D eigenvalue weighted by Gasteiger charge is 2.27. The lowest BCUT2D eigenvalue weighted by atomic mass is 10.1. The number of hydrogen-bond donors (Lipinski definition) is 1. The number of fused-ring (bicyclic) bond motifs is 1. The molecule has 22 heavy (non-hydrogen) atoms. The summed E-state index contributed by atoms with van der Waals surface area (Å²) in [6, 6.07) is 5.99. The lowest BCUT2D eigenvalue weighted by Crippen LogP contribution is -2.24. The number of benzene rings is 1. The van der Waals surface area contributed by atoms with Crippen LogP contribution in [-0.2, 0) is 4.74 Å². The predicted molar refractivity (Wildman–Crippen MR) is 85.3 cm³/mol. The highest BCUT2D eigenvalue weighted by molar-refractivity contribution is 6.05. The summed E-state index contributed by atoms with van der Waals surface area (Å²) >= 11 is 0. The molecule has 0 bridgehead atoms. The van der Waals surface area contributed by atoms with Crippen LogP contribution in [0.4, 0.5) is 5.69 Å². The second-order valence-electron chi connectivity index (χ2n) is 5.65. The van der Waals surface area contributed by atoms with Crippen molar-refractivity contribution in [1.82, 2.24) is 4.98 Å². The first-order chi connectivity index (χ1) is 10.6. The first kappa shape index (κ1) is 14.8. The van der Waals surface area contributed by atoms with E-state index in [1.54, 1.807) is 13.1 Å². The van der Waals surface area contributed by atoms with E-state index in [9.17, 15) is 9.90 Å². The number of aromatic nitrogens is 1. The monoisotopic (exact) mass is 300 g/mol. The van der Waals surface area contributed by atoms with E-state index in [4.69, 9.17) is 4.74 Å². The average Bonchev–Trinajstić information content (AvgIpc) is 2.92. The fourth-order valence-corrected chi connectivity index (χ4v) is 2.94. The molecule has 0 radical (unpaired) electrons. The van der Waals surface area contributed by atoms with Crippen LogP contribution in [0.15, 0.2) is 24.4 Å². The average molecular weight is 300 g/mol. The van der Waals surface area contributed by atoms with Crippen molar-refractivity contribution in [3.05, 3.63) is 35.5 Å². The topological polar surface area (TPSA) is 62.7 Å². The number of aliphatic hydroxyl groups is 1. The van der Waals surface area contributed by atoms with E-state index in [1.807, 2.05) is 25.1 Å². The third kappa shape index (κ3) is 2.64. The zero-order valence-electron chi connectivity index (χ0n) is 12.9. The van der Waals surface area contributed by atoms with Crippen LogP contribution in [0.1, 0.15) is 29.3 Å². The Morgan fingerprint density at radius 1 is 1.50 bits per heavy atom. The molecule has 116 valence electrons. The largest absolute Gasteiger partial charge is 0.462 e. The Labute approximate surface area is 129 Å². The number of ether oxygens (including phenoxy) is 1. The van der Waals surface area contributed by atoms with Crippen LogP contribution >= 0.6 is 0 Å². The number of aryl methyl sites for hydroxylation is 1.